The summed E-state index contributed by atoms with van der Waals surface area (Å²) in [6.45, 7) is 6.57. The molecule has 83 heavy (non-hydrogen) atoms. The highest BCUT2D eigenvalue weighted by Gasteiger charge is 2.19. The molecule has 0 aliphatic carbocycles. The number of carbonyl (C=O) groups is 3. The summed E-state index contributed by atoms with van der Waals surface area (Å²) in [6.07, 6.45) is 92.7. The minimum atomic E-state index is -0.791. The molecule has 484 valence electrons. The van der Waals surface area contributed by atoms with Crippen LogP contribution in [-0.4, -0.2) is 37.2 Å². The highest BCUT2D eigenvalue weighted by Crippen LogP contribution is 2.19. The van der Waals surface area contributed by atoms with Crippen LogP contribution in [0.25, 0.3) is 0 Å². The van der Waals surface area contributed by atoms with Crippen LogP contribution < -0.4 is 0 Å². The van der Waals surface area contributed by atoms with E-state index in [-0.39, 0.29) is 31.1 Å². The van der Waals surface area contributed by atoms with Gasteiger partial charge >= 0.3 is 17.9 Å². The van der Waals surface area contributed by atoms with Crippen molar-refractivity contribution in [3.63, 3.8) is 0 Å². The van der Waals surface area contributed by atoms with Crippen molar-refractivity contribution in [2.24, 2.45) is 0 Å². The van der Waals surface area contributed by atoms with E-state index in [1.54, 1.807) is 0 Å². The molecule has 1 atom stereocenters. The van der Waals surface area contributed by atoms with Crippen LogP contribution in [-0.2, 0) is 28.6 Å². The number of allylic oxidation sites excluding steroid dienone is 10. The molecule has 0 rings (SSSR count). The quantitative estimate of drug-likeness (QED) is 0.0261. The van der Waals surface area contributed by atoms with Gasteiger partial charge in [-0.1, -0.05) is 370 Å². The van der Waals surface area contributed by atoms with E-state index >= 15 is 0 Å². The molecule has 0 spiro atoms. The smallest absolute Gasteiger partial charge is 0.306 e. The van der Waals surface area contributed by atoms with Crippen molar-refractivity contribution in [2.75, 3.05) is 13.2 Å². The standard InChI is InChI=1S/C77H140O6/c1-4-7-10-13-16-19-22-25-28-31-33-34-35-36-37-38-39-40-41-42-43-45-46-49-52-55-58-61-64-67-70-76(79)82-73-74(72-81-75(78)69-66-63-60-57-54-51-48-30-27-24-21-18-15-12-9-6-3)83-77(80)71-68-65-62-59-56-53-50-47-44-32-29-26-23-20-17-14-11-8-5-2/h8,11,17,20,26,29,44,47,53,56,74H,4-7,9-10,12-16,18-19,21-25,27-28,30-43,45-46,48-52,54-55,57-73H2,1-3H3/b11-8-,20-17-,29-26-,47-44-,56-53-. The second-order valence-electron chi connectivity index (χ2n) is 24.8. The maximum atomic E-state index is 12.9. The monoisotopic (exact) mass is 1160 g/mol. The van der Waals surface area contributed by atoms with E-state index in [0.29, 0.717) is 19.3 Å². The topological polar surface area (TPSA) is 78.9 Å². The first-order chi connectivity index (χ1) is 41.0. The molecule has 0 bridgehead atoms. The van der Waals surface area contributed by atoms with Crippen molar-refractivity contribution in [3.05, 3.63) is 60.8 Å². The second-order valence-corrected chi connectivity index (χ2v) is 24.8. The summed E-state index contributed by atoms with van der Waals surface area (Å²) < 4.78 is 17.0. The summed E-state index contributed by atoms with van der Waals surface area (Å²) >= 11 is 0. The number of unbranched alkanes of at least 4 members (excludes halogenated alkanes) is 47. The van der Waals surface area contributed by atoms with E-state index in [1.165, 1.54) is 257 Å². The van der Waals surface area contributed by atoms with Crippen LogP contribution in [0.1, 0.15) is 393 Å². The van der Waals surface area contributed by atoms with Gasteiger partial charge in [-0.05, 0) is 64.2 Å². The van der Waals surface area contributed by atoms with Crippen LogP contribution in [0.15, 0.2) is 60.8 Å². The van der Waals surface area contributed by atoms with Crippen LogP contribution in [0, 0.1) is 0 Å². The van der Waals surface area contributed by atoms with Crippen LogP contribution in [0.5, 0.6) is 0 Å². The Morgan fingerprint density at radius 2 is 0.470 bits per heavy atom. The van der Waals surface area contributed by atoms with Gasteiger partial charge in [0.15, 0.2) is 6.10 Å². The van der Waals surface area contributed by atoms with Crippen molar-refractivity contribution in [1.29, 1.82) is 0 Å². The fourth-order valence-electron chi connectivity index (χ4n) is 11.1. The van der Waals surface area contributed by atoms with E-state index in [0.717, 1.165) is 96.3 Å². The fourth-order valence-corrected chi connectivity index (χ4v) is 11.1. The number of hydrogen-bond donors (Lipinski definition) is 0. The van der Waals surface area contributed by atoms with Gasteiger partial charge in [0.1, 0.15) is 13.2 Å². The Morgan fingerprint density at radius 1 is 0.253 bits per heavy atom. The van der Waals surface area contributed by atoms with Crippen molar-refractivity contribution in [1.82, 2.24) is 0 Å². The molecule has 0 saturated carbocycles. The van der Waals surface area contributed by atoms with Crippen molar-refractivity contribution in [2.45, 2.75) is 399 Å². The van der Waals surface area contributed by atoms with Gasteiger partial charge in [0.2, 0.25) is 0 Å². The lowest BCUT2D eigenvalue weighted by Crippen LogP contribution is -2.30. The highest BCUT2D eigenvalue weighted by atomic mass is 16.6. The first-order valence-corrected chi connectivity index (χ1v) is 36.8. The lowest BCUT2D eigenvalue weighted by Gasteiger charge is -2.18. The molecule has 1 unspecified atom stereocenters. The van der Waals surface area contributed by atoms with E-state index in [1.807, 2.05) is 0 Å². The molecule has 0 aromatic heterocycles. The van der Waals surface area contributed by atoms with Gasteiger partial charge in [-0.15, -0.1) is 0 Å². The zero-order chi connectivity index (χ0) is 59.9. The summed E-state index contributed by atoms with van der Waals surface area (Å²) in [5, 5.41) is 0. The summed E-state index contributed by atoms with van der Waals surface area (Å²) in [7, 11) is 0. The van der Waals surface area contributed by atoms with Crippen LogP contribution in [0.3, 0.4) is 0 Å². The normalized spacial score (nSPS) is 12.4. The van der Waals surface area contributed by atoms with Gasteiger partial charge in [-0.2, -0.15) is 0 Å². The predicted molar refractivity (Wildman–Crippen MR) is 362 cm³/mol. The number of ether oxygens (including phenoxy) is 3. The third-order valence-corrected chi connectivity index (χ3v) is 16.5. The summed E-state index contributed by atoms with van der Waals surface area (Å²) in [6, 6.07) is 0. The third kappa shape index (κ3) is 69.8. The first-order valence-electron chi connectivity index (χ1n) is 36.8. The van der Waals surface area contributed by atoms with Crippen molar-refractivity contribution in [3.8, 4) is 0 Å². The minimum Gasteiger partial charge on any atom is -0.462 e. The fraction of sp³-hybridized carbons (Fsp3) is 0.831. The third-order valence-electron chi connectivity index (χ3n) is 16.5. The van der Waals surface area contributed by atoms with E-state index < -0.39 is 6.10 Å². The average Bonchev–Trinajstić information content (AvgIpc) is 3.49. The van der Waals surface area contributed by atoms with Crippen LogP contribution in [0.2, 0.25) is 0 Å². The summed E-state index contributed by atoms with van der Waals surface area (Å²) in [5.74, 6) is -0.888. The second kappa shape index (κ2) is 71.6. The number of esters is 3. The molecular formula is C77H140O6. The molecule has 0 fully saturated rings. The molecule has 0 N–H and O–H groups in total. The maximum absolute atomic E-state index is 12.9. The Labute approximate surface area is 517 Å². The highest BCUT2D eigenvalue weighted by molar-refractivity contribution is 5.71. The van der Waals surface area contributed by atoms with Gasteiger partial charge in [0, 0.05) is 19.3 Å². The lowest BCUT2D eigenvalue weighted by atomic mass is 10.0. The molecule has 6 heteroatoms. The molecule has 0 saturated heterocycles. The molecule has 0 aliphatic rings. The zero-order valence-corrected chi connectivity index (χ0v) is 55.7. The Hall–Kier alpha value is -2.89. The maximum Gasteiger partial charge on any atom is 0.306 e. The number of hydrogen-bond acceptors (Lipinski definition) is 6. The number of rotatable bonds is 68. The molecular weight excluding hydrogens is 1020 g/mol. The van der Waals surface area contributed by atoms with Gasteiger partial charge in [-0.3, -0.25) is 14.4 Å². The molecule has 0 amide bonds. The summed E-state index contributed by atoms with van der Waals surface area (Å²) in [4.78, 5) is 38.5. The Balaban J connectivity index is 4.24. The lowest BCUT2D eigenvalue weighted by molar-refractivity contribution is -0.167. The molecule has 0 radical (unpaired) electrons. The van der Waals surface area contributed by atoms with E-state index in [2.05, 4.69) is 81.5 Å². The largest absolute Gasteiger partial charge is 0.462 e. The van der Waals surface area contributed by atoms with Crippen molar-refractivity contribution >= 4 is 17.9 Å². The van der Waals surface area contributed by atoms with Gasteiger partial charge in [0.05, 0.1) is 0 Å². The Kier molecular flexibility index (Phi) is 69.1. The molecule has 0 aromatic rings. The average molecular weight is 1160 g/mol. The van der Waals surface area contributed by atoms with Crippen LogP contribution in [0.4, 0.5) is 0 Å². The summed E-state index contributed by atoms with van der Waals surface area (Å²) in [5.41, 5.74) is 0. The van der Waals surface area contributed by atoms with E-state index in [4.69, 9.17) is 14.2 Å². The van der Waals surface area contributed by atoms with Gasteiger partial charge < -0.3 is 14.2 Å². The zero-order valence-electron chi connectivity index (χ0n) is 55.7. The van der Waals surface area contributed by atoms with Crippen molar-refractivity contribution < 1.29 is 28.6 Å². The van der Waals surface area contributed by atoms with E-state index in [9.17, 15) is 14.4 Å². The Bertz CT molecular complexity index is 1470. The first kappa shape index (κ1) is 80.1. The predicted octanol–water partition coefficient (Wildman–Crippen LogP) is 25.5. The van der Waals surface area contributed by atoms with Crippen LogP contribution >= 0.6 is 0 Å². The minimum absolute atomic E-state index is 0.0828. The molecule has 0 heterocycles. The van der Waals surface area contributed by atoms with Gasteiger partial charge in [0.25, 0.3) is 0 Å². The SMILES string of the molecule is CC/C=C\C/C=C\C/C=C\C/C=C\C/C=C\CCCCCC(=O)OC(COC(=O)CCCCCCCCCCCCCCCCCC)COC(=O)CCCCCCCCCCCCCCCCCCCCCCCCCCCCCCCC. The molecule has 0 aliphatic heterocycles. The number of carbonyl (C=O) groups excluding carboxylic acids is 3. The molecule has 6 nitrogen and oxygen atoms in total. The van der Waals surface area contributed by atoms with Gasteiger partial charge in [-0.25, -0.2) is 0 Å². The molecule has 0 aromatic carbocycles. The Morgan fingerprint density at radius 3 is 0.735 bits per heavy atom.